The average molecular weight is 738 g/mol. The molecule has 8 rings (SSSR count). The highest BCUT2D eigenvalue weighted by Gasteiger charge is 2.19. The summed E-state index contributed by atoms with van der Waals surface area (Å²) in [5.41, 5.74) is 2.06. The first-order chi connectivity index (χ1) is 26.9. The minimum Gasteiger partial charge on any atom is -0.496 e. The van der Waals surface area contributed by atoms with Gasteiger partial charge in [-0.2, -0.15) is 0 Å². The fraction of sp³-hybridized carbons (Fsp3) is 0.209. The normalized spacial score (nSPS) is 12.8. The topological polar surface area (TPSA) is 155 Å². The fourth-order valence-electron chi connectivity index (χ4n) is 6.70. The summed E-state index contributed by atoms with van der Waals surface area (Å²) in [5, 5.41) is 9.25. The Morgan fingerprint density at radius 3 is 2.15 bits per heavy atom. The lowest BCUT2D eigenvalue weighted by atomic mass is 9.97. The van der Waals surface area contributed by atoms with Gasteiger partial charge in [-0.05, 0) is 84.5 Å². The van der Waals surface area contributed by atoms with E-state index in [1.165, 1.54) is 0 Å². The zero-order valence-electron chi connectivity index (χ0n) is 30.4. The summed E-state index contributed by atoms with van der Waals surface area (Å²) in [6.07, 6.45) is 6.05. The van der Waals surface area contributed by atoms with Crippen LogP contribution in [0.5, 0.6) is 11.5 Å². The molecule has 7 aromatic rings. The number of nitrogens with zero attached hydrogens (tertiary/aromatic N) is 3. The molecule has 2 N–H and O–H groups in total. The molecule has 0 radical (unpaired) electrons. The molecule has 3 aromatic heterocycles. The summed E-state index contributed by atoms with van der Waals surface area (Å²) in [7, 11) is 3.23. The molecule has 4 heterocycles. The minimum atomic E-state index is -0.495. The third-order valence-electron chi connectivity index (χ3n) is 9.52. The summed E-state index contributed by atoms with van der Waals surface area (Å²) in [6.45, 7) is 2.14. The molecule has 1 aliphatic rings. The molecule has 0 atom stereocenters. The fourth-order valence-corrected chi connectivity index (χ4v) is 6.70. The van der Waals surface area contributed by atoms with Crippen LogP contribution in [0.25, 0.3) is 44.0 Å². The lowest BCUT2D eigenvalue weighted by Gasteiger charge is -2.21. The van der Waals surface area contributed by atoms with Gasteiger partial charge in [0, 0.05) is 54.1 Å². The number of methoxy groups -OCH3 is 2. The number of fused-ring (bicyclic) bond motifs is 3. The number of anilines is 1. The second kappa shape index (κ2) is 17.0. The number of carbonyl (C=O) groups excluding carboxylic acids is 2. The molecule has 12 nitrogen and oxygen atoms in total. The Labute approximate surface area is 316 Å². The number of pyridine rings is 2. The molecule has 55 heavy (non-hydrogen) atoms. The van der Waals surface area contributed by atoms with Crippen molar-refractivity contribution in [2.75, 3.05) is 39.3 Å². The number of nitrogens with one attached hydrogen (secondary N) is 2. The zero-order chi connectivity index (χ0) is 38.1. The maximum atomic E-state index is 13.1. The van der Waals surface area contributed by atoms with E-state index in [2.05, 4.69) is 25.6 Å². The second-order valence-electron chi connectivity index (χ2n) is 12.9. The van der Waals surface area contributed by atoms with Gasteiger partial charge in [-0.15, -0.1) is 0 Å². The molecule has 0 aliphatic carbocycles. The Balaban J connectivity index is 0.000000178. The van der Waals surface area contributed by atoms with Gasteiger partial charge in [-0.25, -0.2) is 19.7 Å². The van der Waals surface area contributed by atoms with E-state index in [4.69, 9.17) is 18.6 Å². The van der Waals surface area contributed by atoms with E-state index < -0.39 is 5.63 Å². The standard InChI is InChI=1S/C25H27N3O4.C18H12N2O3/c1-31-22-9-8-20(18-5-2-3-6-19(18)22)24(29)28-21-7-4-13-26-23(21)25(30)27-14-10-17-11-15-32-16-12-17;1-22-15-9-8-13(11-5-2-3-6-12(11)15)17-20-14-7-4-10-19-16(14)18(21)23-17/h2-9,13,17H,10-12,14-16H2,1H3,(H,27,30)(H,28,29);2-10H,1H3. The number of amides is 2. The van der Waals surface area contributed by atoms with Crippen molar-refractivity contribution in [1.82, 2.24) is 20.3 Å². The van der Waals surface area contributed by atoms with Gasteiger partial charge in [-0.1, -0.05) is 48.5 Å². The first kappa shape index (κ1) is 36.7. The third-order valence-corrected chi connectivity index (χ3v) is 9.52. The van der Waals surface area contributed by atoms with E-state index in [0.29, 0.717) is 35.0 Å². The number of rotatable bonds is 9. The Morgan fingerprint density at radius 2 is 1.40 bits per heavy atom. The molecular formula is C43H39N5O7. The van der Waals surface area contributed by atoms with Crippen LogP contribution in [-0.2, 0) is 4.74 Å². The van der Waals surface area contributed by atoms with Crippen LogP contribution >= 0.6 is 0 Å². The van der Waals surface area contributed by atoms with Crippen LogP contribution in [0.1, 0.15) is 40.1 Å². The molecule has 1 aliphatic heterocycles. The van der Waals surface area contributed by atoms with E-state index in [-0.39, 0.29) is 28.9 Å². The SMILES string of the molecule is COc1ccc(-c2nc3cccnc3c(=O)o2)c2ccccc12.COc1ccc(C(=O)Nc2cccnc2C(=O)NCCC2CCOCC2)c2ccccc12. The maximum Gasteiger partial charge on any atom is 0.365 e. The lowest BCUT2D eigenvalue weighted by molar-refractivity contribution is 0.0636. The van der Waals surface area contributed by atoms with E-state index in [0.717, 1.165) is 65.3 Å². The minimum absolute atomic E-state index is 0.200. The van der Waals surface area contributed by atoms with Gasteiger partial charge in [-0.3, -0.25) is 9.59 Å². The van der Waals surface area contributed by atoms with Gasteiger partial charge in [0.15, 0.2) is 11.2 Å². The van der Waals surface area contributed by atoms with E-state index in [9.17, 15) is 14.4 Å². The molecule has 1 fully saturated rings. The quantitative estimate of drug-likeness (QED) is 0.153. The molecule has 0 spiro atoms. The highest BCUT2D eigenvalue weighted by atomic mass is 16.5. The summed E-state index contributed by atoms with van der Waals surface area (Å²) in [6, 6.07) is 29.4. The van der Waals surface area contributed by atoms with E-state index >= 15 is 0 Å². The summed E-state index contributed by atoms with van der Waals surface area (Å²) in [5.74, 6) is 1.68. The first-order valence-electron chi connectivity index (χ1n) is 17.9. The number of ether oxygens (including phenoxy) is 3. The number of benzene rings is 4. The van der Waals surface area contributed by atoms with Crippen LogP contribution in [0.3, 0.4) is 0 Å². The van der Waals surface area contributed by atoms with Gasteiger partial charge >= 0.3 is 5.63 Å². The van der Waals surface area contributed by atoms with Crippen molar-refractivity contribution in [2.45, 2.75) is 19.3 Å². The van der Waals surface area contributed by atoms with Crippen molar-refractivity contribution in [1.29, 1.82) is 0 Å². The first-order valence-corrected chi connectivity index (χ1v) is 17.9. The van der Waals surface area contributed by atoms with Gasteiger partial charge in [0.05, 0.1) is 19.9 Å². The largest absolute Gasteiger partial charge is 0.496 e. The Morgan fingerprint density at radius 1 is 0.745 bits per heavy atom. The number of hydrogen-bond donors (Lipinski definition) is 2. The average Bonchev–Trinajstić information content (AvgIpc) is 3.23. The Kier molecular flexibility index (Phi) is 11.3. The Hall–Kier alpha value is -6.66. The summed E-state index contributed by atoms with van der Waals surface area (Å²) >= 11 is 0. The predicted octanol–water partition coefficient (Wildman–Crippen LogP) is 7.45. The molecular weight excluding hydrogens is 699 g/mol. The molecule has 4 aromatic carbocycles. The van der Waals surface area contributed by atoms with Crippen LogP contribution in [0.4, 0.5) is 5.69 Å². The smallest absolute Gasteiger partial charge is 0.365 e. The van der Waals surface area contributed by atoms with Crippen LogP contribution in [0.2, 0.25) is 0 Å². The van der Waals surface area contributed by atoms with E-state index in [1.54, 1.807) is 63.0 Å². The predicted molar refractivity (Wildman–Crippen MR) is 211 cm³/mol. The number of aromatic nitrogens is 3. The molecule has 0 bridgehead atoms. The number of hydrogen-bond acceptors (Lipinski definition) is 10. The zero-order valence-corrected chi connectivity index (χ0v) is 30.4. The van der Waals surface area contributed by atoms with Crippen LogP contribution < -0.4 is 25.7 Å². The van der Waals surface area contributed by atoms with Gasteiger partial charge in [0.25, 0.3) is 11.8 Å². The number of carbonyl (C=O) groups is 2. The van der Waals surface area contributed by atoms with Crippen molar-refractivity contribution in [2.24, 2.45) is 5.92 Å². The highest BCUT2D eigenvalue weighted by molar-refractivity contribution is 6.15. The van der Waals surface area contributed by atoms with Crippen molar-refractivity contribution in [3.8, 4) is 23.0 Å². The van der Waals surface area contributed by atoms with Crippen molar-refractivity contribution in [3.05, 3.63) is 131 Å². The molecule has 0 unspecified atom stereocenters. The van der Waals surface area contributed by atoms with Crippen LogP contribution in [0.15, 0.2) is 119 Å². The van der Waals surface area contributed by atoms with E-state index in [1.807, 2.05) is 60.7 Å². The molecule has 278 valence electrons. The molecule has 12 heteroatoms. The van der Waals surface area contributed by atoms with Gasteiger partial charge in [0.1, 0.15) is 17.0 Å². The van der Waals surface area contributed by atoms with Crippen molar-refractivity contribution < 1.29 is 28.2 Å². The highest BCUT2D eigenvalue weighted by Crippen LogP contribution is 2.34. The summed E-state index contributed by atoms with van der Waals surface area (Å²) < 4.78 is 21.6. The van der Waals surface area contributed by atoms with Crippen LogP contribution in [-0.4, -0.2) is 60.7 Å². The third kappa shape index (κ3) is 8.14. The maximum absolute atomic E-state index is 13.1. The van der Waals surface area contributed by atoms with Gasteiger partial charge < -0.3 is 29.3 Å². The second-order valence-corrected chi connectivity index (χ2v) is 12.9. The lowest BCUT2D eigenvalue weighted by Crippen LogP contribution is -2.29. The molecule has 2 amide bonds. The van der Waals surface area contributed by atoms with Crippen molar-refractivity contribution in [3.63, 3.8) is 0 Å². The van der Waals surface area contributed by atoms with Gasteiger partial charge in [0.2, 0.25) is 5.89 Å². The Bertz CT molecular complexity index is 2550. The van der Waals surface area contributed by atoms with Crippen molar-refractivity contribution >= 4 is 50.1 Å². The monoisotopic (exact) mass is 737 g/mol. The molecule has 0 saturated carbocycles. The summed E-state index contributed by atoms with van der Waals surface area (Å²) in [4.78, 5) is 50.7. The molecule has 1 saturated heterocycles. The van der Waals surface area contributed by atoms with Crippen LogP contribution in [0, 0.1) is 5.92 Å².